The second-order valence-corrected chi connectivity index (χ2v) is 9.94. The Bertz CT molecular complexity index is 1470. The van der Waals surface area contributed by atoms with E-state index < -0.39 is 4.92 Å². The number of ether oxygens (including phenoxy) is 3. The zero-order valence-electron chi connectivity index (χ0n) is 23.1. The summed E-state index contributed by atoms with van der Waals surface area (Å²) < 4.78 is 17.5. The molecule has 2 aliphatic rings. The van der Waals surface area contributed by atoms with Gasteiger partial charge in [0.1, 0.15) is 28.6 Å². The van der Waals surface area contributed by atoms with Gasteiger partial charge in [0.05, 0.1) is 30.9 Å². The molecule has 0 spiro atoms. The van der Waals surface area contributed by atoms with E-state index >= 15 is 0 Å². The van der Waals surface area contributed by atoms with Crippen LogP contribution < -0.4 is 19.1 Å². The Hall–Kier alpha value is -4.54. The Morgan fingerprint density at radius 2 is 1.45 bits per heavy atom. The molecule has 11 nitrogen and oxygen atoms in total. The van der Waals surface area contributed by atoms with Gasteiger partial charge in [0, 0.05) is 48.6 Å². The molecule has 0 atom stereocenters. The number of hydrogen-bond acceptors (Lipinski definition) is 10. The van der Waals surface area contributed by atoms with Gasteiger partial charge in [-0.2, -0.15) is 5.11 Å². The van der Waals surface area contributed by atoms with Gasteiger partial charge in [-0.1, -0.05) is 0 Å². The van der Waals surface area contributed by atoms with Crippen LogP contribution in [0, 0.1) is 10.1 Å². The molecule has 3 aromatic carbocycles. The minimum absolute atomic E-state index is 0.00255. The number of nitro benzene ring substituents is 1. The molecule has 0 bridgehead atoms. The van der Waals surface area contributed by atoms with Crippen LogP contribution in [0.1, 0.15) is 37.8 Å². The zero-order chi connectivity index (χ0) is 28.2. The number of methoxy groups -OCH3 is 2. The van der Waals surface area contributed by atoms with Crippen LogP contribution in [-0.4, -0.2) is 38.3 Å². The van der Waals surface area contributed by atoms with Crippen molar-refractivity contribution in [3.8, 4) is 17.2 Å². The number of anilines is 1. The first-order valence-electron chi connectivity index (χ1n) is 13.3. The van der Waals surface area contributed by atoms with E-state index in [4.69, 9.17) is 14.2 Å². The third kappa shape index (κ3) is 5.58. The summed E-state index contributed by atoms with van der Waals surface area (Å²) in [5, 5.41) is 28.6. The molecule has 11 heteroatoms. The van der Waals surface area contributed by atoms with Crippen molar-refractivity contribution in [1.29, 1.82) is 0 Å². The van der Waals surface area contributed by atoms with E-state index in [0.717, 1.165) is 44.5 Å². The number of aryl methyl sites for hydroxylation is 1. The van der Waals surface area contributed by atoms with Crippen molar-refractivity contribution < 1.29 is 19.1 Å². The molecule has 0 amide bonds. The fourth-order valence-corrected chi connectivity index (χ4v) is 5.14. The van der Waals surface area contributed by atoms with Crippen molar-refractivity contribution in [3.05, 3.63) is 63.7 Å². The number of benzene rings is 3. The van der Waals surface area contributed by atoms with E-state index in [2.05, 4.69) is 31.4 Å². The van der Waals surface area contributed by atoms with E-state index in [1.807, 2.05) is 13.8 Å². The molecule has 0 radical (unpaired) electrons. The highest BCUT2D eigenvalue weighted by Crippen LogP contribution is 2.47. The van der Waals surface area contributed by atoms with E-state index in [9.17, 15) is 10.1 Å². The molecular formula is C29H32N6O5. The van der Waals surface area contributed by atoms with Gasteiger partial charge in [-0.25, -0.2) is 0 Å². The van der Waals surface area contributed by atoms with Crippen LogP contribution >= 0.6 is 0 Å². The molecular weight excluding hydrogens is 512 g/mol. The summed E-state index contributed by atoms with van der Waals surface area (Å²) in [6.45, 7) is 6.19. The lowest BCUT2D eigenvalue weighted by Gasteiger charge is -2.38. The first-order valence-corrected chi connectivity index (χ1v) is 13.3. The lowest BCUT2D eigenvalue weighted by Crippen LogP contribution is -2.34. The van der Waals surface area contributed by atoms with Crippen molar-refractivity contribution >= 4 is 34.1 Å². The Balaban J connectivity index is 1.49. The normalized spacial score (nSPS) is 14.6. The largest absolute Gasteiger partial charge is 0.494 e. The van der Waals surface area contributed by atoms with Crippen molar-refractivity contribution in [2.75, 3.05) is 32.2 Å². The third-order valence-corrected chi connectivity index (χ3v) is 6.89. The maximum Gasteiger partial charge on any atom is 0.269 e. The highest BCUT2D eigenvalue weighted by Gasteiger charge is 2.29. The Morgan fingerprint density at radius 3 is 2.05 bits per heavy atom. The van der Waals surface area contributed by atoms with Crippen LogP contribution in [0.4, 0.5) is 34.1 Å². The van der Waals surface area contributed by atoms with Crippen LogP contribution in [0.3, 0.4) is 0 Å². The number of azo groups is 2. The highest BCUT2D eigenvalue weighted by molar-refractivity contribution is 5.75. The van der Waals surface area contributed by atoms with E-state index in [1.54, 1.807) is 19.2 Å². The van der Waals surface area contributed by atoms with Gasteiger partial charge in [-0.15, -0.1) is 15.3 Å². The summed E-state index contributed by atoms with van der Waals surface area (Å²) in [6, 6.07) is 11.3. The molecule has 40 heavy (non-hydrogen) atoms. The molecule has 0 aliphatic carbocycles. The second kappa shape index (κ2) is 11.7. The minimum Gasteiger partial charge on any atom is -0.494 e. The fourth-order valence-electron chi connectivity index (χ4n) is 5.14. The highest BCUT2D eigenvalue weighted by atomic mass is 16.6. The van der Waals surface area contributed by atoms with E-state index in [1.165, 1.54) is 48.2 Å². The van der Waals surface area contributed by atoms with Crippen molar-refractivity contribution in [1.82, 2.24) is 0 Å². The van der Waals surface area contributed by atoms with Crippen LogP contribution in [-0.2, 0) is 12.8 Å². The van der Waals surface area contributed by atoms with Crippen LogP contribution in [0.25, 0.3) is 0 Å². The summed E-state index contributed by atoms with van der Waals surface area (Å²) in [7, 11) is 3.07. The maximum absolute atomic E-state index is 10.9. The number of nitro groups is 1. The first kappa shape index (κ1) is 27.0. The summed E-state index contributed by atoms with van der Waals surface area (Å²) in [5.41, 5.74) is 5.85. The first-order chi connectivity index (χ1) is 19.4. The predicted molar refractivity (Wildman–Crippen MR) is 152 cm³/mol. The standard InChI is InChI=1S/C29H32N6O5/c1-18(2)40-29-22-8-6-14-34-13-5-7-19(28(22)34)15-25(29)33-32-24-17-26(38-3)23(16-27(24)39-4)31-30-20-9-11-21(12-10-20)35(36)37/h9-12,15-18H,5-8,13-14H2,1-4H3. The average molecular weight is 545 g/mol. The topological polar surface area (TPSA) is 124 Å². The molecule has 3 aromatic rings. The van der Waals surface area contributed by atoms with Crippen molar-refractivity contribution in [3.63, 3.8) is 0 Å². The summed E-state index contributed by atoms with van der Waals surface area (Å²) in [4.78, 5) is 12.9. The molecule has 0 saturated carbocycles. The number of nitrogens with zero attached hydrogens (tertiary/aromatic N) is 6. The monoisotopic (exact) mass is 544 g/mol. The lowest BCUT2D eigenvalue weighted by molar-refractivity contribution is -0.384. The van der Waals surface area contributed by atoms with E-state index in [0.29, 0.717) is 34.2 Å². The number of non-ortho nitro benzene ring substituents is 1. The maximum atomic E-state index is 10.9. The Morgan fingerprint density at radius 1 is 0.850 bits per heavy atom. The van der Waals surface area contributed by atoms with E-state index in [-0.39, 0.29) is 11.8 Å². The van der Waals surface area contributed by atoms with Crippen molar-refractivity contribution in [2.24, 2.45) is 20.5 Å². The van der Waals surface area contributed by atoms with Crippen LogP contribution in [0.15, 0.2) is 62.9 Å². The molecule has 208 valence electrons. The zero-order valence-corrected chi connectivity index (χ0v) is 23.1. The minimum atomic E-state index is -0.464. The van der Waals surface area contributed by atoms with Gasteiger partial charge in [0.2, 0.25) is 0 Å². The molecule has 0 unspecified atom stereocenters. The molecule has 5 rings (SSSR count). The van der Waals surface area contributed by atoms with Gasteiger partial charge < -0.3 is 19.1 Å². The smallest absolute Gasteiger partial charge is 0.269 e. The summed E-state index contributed by atoms with van der Waals surface area (Å²) in [6.07, 6.45) is 4.17. The number of rotatable bonds is 9. The van der Waals surface area contributed by atoms with Crippen LogP contribution in [0.2, 0.25) is 0 Å². The third-order valence-electron chi connectivity index (χ3n) is 6.89. The van der Waals surface area contributed by atoms with Crippen LogP contribution in [0.5, 0.6) is 17.2 Å². The molecule has 0 saturated heterocycles. The predicted octanol–water partition coefficient (Wildman–Crippen LogP) is 7.93. The molecule has 0 N–H and O–H groups in total. The van der Waals surface area contributed by atoms with Gasteiger partial charge in [0.25, 0.3) is 5.69 Å². The van der Waals surface area contributed by atoms with Gasteiger partial charge in [0.15, 0.2) is 5.75 Å². The molecule has 2 aliphatic heterocycles. The Labute approximate surface area is 232 Å². The average Bonchev–Trinajstić information content (AvgIpc) is 2.96. The Kier molecular flexibility index (Phi) is 7.90. The summed E-state index contributed by atoms with van der Waals surface area (Å²) in [5.74, 6) is 1.66. The fraction of sp³-hybridized carbons (Fsp3) is 0.379. The van der Waals surface area contributed by atoms with Gasteiger partial charge in [-0.3, -0.25) is 10.1 Å². The molecule has 2 heterocycles. The van der Waals surface area contributed by atoms with Gasteiger partial charge >= 0.3 is 0 Å². The molecule has 0 fully saturated rings. The quantitative estimate of drug-likeness (QED) is 0.153. The van der Waals surface area contributed by atoms with Gasteiger partial charge in [-0.05, 0) is 63.3 Å². The number of hydrogen-bond donors (Lipinski definition) is 0. The molecule has 0 aromatic heterocycles. The summed E-state index contributed by atoms with van der Waals surface area (Å²) >= 11 is 0. The lowest BCUT2D eigenvalue weighted by atomic mass is 9.90. The van der Waals surface area contributed by atoms with Crippen molar-refractivity contribution in [2.45, 2.75) is 45.6 Å². The SMILES string of the molecule is COc1cc(N=Nc2cc3c4c(c2OC(C)C)CCCN4CCC3)c(OC)cc1N=Nc1ccc([N+](=O)[O-])cc1. The second-order valence-electron chi connectivity index (χ2n) is 9.94.